The van der Waals surface area contributed by atoms with E-state index in [4.69, 9.17) is 0 Å². The maximum atomic E-state index is 0. The molecule has 0 aromatic carbocycles. The summed E-state index contributed by atoms with van der Waals surface area (Å²) in [5, 5.41) is 0. The Hall–Kier alpha value is 30.1. The van der Waals surface area contributed by atoms with Gasteiger partial charge < -0.3 is 192 Å². The molecule has 0 spiro atoms. The average molecular weight is 1630 g/mol. The zero-order valence-electron chi connectivity index (χ0n) is 35.2. The third-order valence-corrected chi connectivity index (χ3v) is 0. The van der Waals surface area contributed by atoms with Crippen LogP contribution in [0.15, 0.2) is 0 Å². The van der Waals surface area contributed by atoms with Crippen LogP contribution in [0.2, 0.25) is 0 Å². The van der Waals surface area contributed by atoms with Gasteiger partial charge in [0.15, 0.2) is 0 Å². The van der Waals surface area contributed by atoms with Gasteiger partial charge in [-0.05, 0) is 0 Å². The Morgan fingerprint density at radius 1 is 0.0333 bits per heavy atom. The molecule has 0 unspecified atom stereocenters. The molecule has 0 amide bonds. The summed E-state index contributed by atoms with van der Waals surface area (Å²) >= 11 is 0. The van der Waals surface area contributed by atoms with Gasteiger partial charge in [-0.1, -0.05) is 0 Å². The Bertz CT molecular complexity index is 58.8. The molecule has 60 heteroatoms. The minimum atomic E-state index is 0. The third-order valence-electron chi connectivity index (χ3n) is 0. The van der Waals surface area contributed by atoms with E-state index >= 15 is 0 Å². The fourth-order valence-electron chi connectivity index (χ4n) is 0. The molecule has 35 nitrogen and oxygen atoms in total. The fourth-order valence-corrected chi connectivity index (χ4v) is 0. The summed E-state index contributed by atoms with van der Waals surface area (Å²) < 4.78 is 0. The predicted molar refractivity (Wildman–Crippen MR) is 270 cm³/mol. The van der Waals surface area contributed by atoms with Crippen LogP contribution in [-0.4, -0.2) is 1140 Å². The molecule has 0 aromatic rings. The molecule has 0 atom stereocenters. The molecule has 0 rings (SSSR count). The van der Waals surface area contributed by atoms with E-state index in [1.807, 2.05) is 0 Å². The van der Waals surface area contributed by atoms with Crippen molar-refractivity contribution in [3.8, 4) is 0 Å². The molecule has 0 saturated heterocycles. The van der Waals surface area contributed by atoms with Crippen LogP contribution in [0.1, 0.15) is 0 Å². The van der Waals surface area contributed by atoms with E-state index in [0.717, 1.165) is 0 Å². The van der Waals surface area contributed by atoms with Crippen molar-refractivity contribution >= 4 is 943 Å². The quantitative estimate of drug-likeness (QED) is 0.204. The molecular formula is H70Ca25O35+50. The molecule has 0 radical (unpaired) electrons. The van der Waals surface area contributed by atoms with Gasteiger partial charge in [0.1, 0.15) is 0 Å². The van der Waals surface area contributed by atoms with Crippen molar-refractivity contribution in [1.29, 1.82) is 0 Å². The fraction of sp³-hybridized carbons (Fsp3) is 0. The van der Waals surface area contributed by atoms with Gasteiger partial charge in [0.25, 0.3) is 0 Å². The number of hydrogen-bond donors (Lipinski definition) is 0. The van der Waals surface area contributed by atoms with Crippen LogP contribution in [0.4, 0.5) is 0 Å². The van der Waals surface area contributed by atoms with Gasteiger partial charge in [0, 0.05) is 0 Å². The Balaban J connectivity index is 0. The number of rotatable bonds is 0. The second-order valence-corrected chi connectivity index (χ2v) is 0. The van der Waals surface area contributed by atoms with Crippen LogP contribution in [0.25, 0.3) is 0 Å². The topological polar surface area (TPSA) is 1100 Å². The summed E-state index contributed by atoms with van der Waals surface area (Å²) in [6.45, 7) is 0. The minimum absolute atomic E-state index is 0. The summed E-state index contributed by atoms with van der Waals surface area (Å²) in [5.41, 5.74) is 0. The molecule has 0 aliphatic rings. The molecule has 280 valence electrons. The van der Waals surface area contributed by atoms with Gasteiger partial charge in [-0.3, -0.25) is 0 Å². The Morgan fingerprint density at radius 2 is 0.0333 bits per heavy atom. The average Bonchev–Trinajstić information content (AvgIpc) is 0. The van der Waals surface area contributed by atoms with Crippen molar-refractivity contribution in [3.05, 3.63) is 0 Å². The smallest absolute Gasteiger partial charge is 0.412 e. The van der Waals surface area contributed by atoms with Crippen LogP contribution in [0, 0.1) is 0 Å². The molecule has 70 N–H and O–H groups in total. The van der Waals surface area contributed by atoms with Crippen LogP contribution >= 0.6 is 0 Å². The van der Waals surface area contributed by atoms with Crippen molar-refractivity contribution in [1.82, 2.24) is 0 Å². The summed E-state index contributed by atoms with van der Waals surface area (Å²) in [6.07, 6.45) is 0. The normalized spacial score (nSPS) is 0. The third kappa shape index (κ3) is 738. The van der Waals surface area contributed by atoms with Gasteiger partial charge in [-0.15, -0.1) is 0 Å². The molecule has 0 aliphatic carbocycles. The predicted octanol–water partition coefficient (Wildman–Crippen LogP) is -38.4. The maximum Gasteiger partial charge on any atom is 2.00 e. The van der Waals surface area contributed by atoms with Crippen molar-refractivity contribution < 1.29 is 192 Å². The zero-order valence-corrected chi connectivity index (χ0v) is 90.4. The molecule has 0 fully saturated rings. The second-order valence-electron chi connectivity index (χ2n) is 0. The standard InChI is InChI=1S/25Ca.35H2O/h;;;;;;;;;;;;;;;;;;;;;;;;;35*1H2/q25*+2;;;;;;;;;;;;;;;;;;;;;;;;;;;;;;;;;;;. The monoisotopic (exact) mass is 1630 g/mol. The Morgan fingerprint density at radius 3 is 0.0333 bits per heavy atom. The van der Waals surface area contributed by atoms with E-state index in [1.54, 1.807) is 0 Å². The summed E-state index contributed by atoms with van der Waals surface area (Å²) in [6, 6.07) is 0. The van der Waals surface area contributed by atoms with Crippen molar-refractivity contribution in [2.75, 3.05) is 0 Å². The molecule has 0 saturated carbocycles. The van der Waals surface area contributed by atoms with E-state index < -0.39 is 0 Å². The summed E-state index contributed by atoms with van der Waals surface area (Å²) in [4.78, 5) is 0. The summed E-state index contributed by atoms with van der Waals surface area (Å²) in [5.74, 6) is 0. The largest absolute Gasteiger partial charge is 2.00 e. The molecule has 0 heterocycles. The summed E-state index contributed by atoms with van der Waals surface area (Å²) in [7, 11) is 0. The Kier molecular flexibility index (Phi) is 10000. The molecule has 0 bridgehead atoms. The van der Waals surface area contributed by atoms with Crippen LogP contribution in [-0.2, 0) is 0 Å². The maximum absolute atomic E-state index is 0. The molecular weight excluding hydrogens is 1560 g/mol. The van der Waals surface area contributed by atoms with Gasteiger partial charge in [-0.2, -0.15) is 0 Å². The van der Waals surface area contributed by atoms with Crippen LogP contribution in [0.5, 0.6) is 0 Å². The first-order valence-electron chi connectivity index (χ1n) is 0. The van der Waals surface area contributed by atoms with Gasteiger partial charge >= 0.3 is 943 Å². The van der Waals surface area contributed by atoms with Crippen LogP contribution < -0.4 is 0 Å². The van der Waals surface area contributed by atoms with Crippen LogP contribution in [0.3, 0.4) is 0 Å². The first-order valence-corrected chi connectivity index (χ1v) is 0. The van der Waals surface area contributed by atoms with E-state index in [-0.39, 0.29) is 1140 Å². The second kappa shape index (κ2) is 763. The van der Waals surface area contributed by atoms with Crippen molar-refractivity contribution in [2.45, 2.75) is 0 Å². The zero-order chi connectivity index (χ0) is 0. The van der Waals surface area contributed by atoms with E-state index in [1.165, 1.54) is 0 Å². The van der Waals surface area contributed by atoms with Gasteiger partial charge in [0.05, 0.1) is 0 Å². The van der Waals surface area contributed by atoms with E-state index in [0.29, 0.717) is 0 Å². The SMILES string of the molecule is O.O.O.O.O.O.O.O.O.O.O.O.O.O.O.O.O.O.O.O.O.O.O.O.O.O.O.O.O.O.O.O.O.O.O.[Ca+2].[Ca+2].[Ca+2].[Ca+2].[Ca+2].[Ca+2].[Ca+2].[Ca+2].[Ca+2].[Ca+2].[Ca+2].[Ca+2].[Ca+2].[Ca+2].[Ca+2].[Ca+2].[Ca+2].[Ca+2].[Ca+2].[Ca+2].[Ca+2].[Ca+2].[Ca+2].[Ca+2].[Ca+2]. The Labute approximate surface area is 1100 Å². The van der Waals surface area contributed by atoms with Crippen molar-refractivity contribution in [2.24, 2.45) is 0 Å². The molecule has 0 aromatic heterocycles. The van der Waals surface area contributed by atoms with Crippen molar-refractivity contribution in [3.63, 3.8) is 0 Å². The van der Waals surface area contributed by atoms with E-state index in [9.17, 15) is 0 Å². The molecule has 60 heavy (non-hydrogen) atoms. The number of hydrogen-bond acceptors (Lipinski definition) is 0. The first kappa shape index (κ1) is 790. The van der Waals surface area contributed by atoms with E-state index in [2.05, 4.69) is 0 Å². The van der Waals surface area contributed by atoms with Gasteiger partial charge in [-0.25, -0.2) is 0 Å². The minimum Gasteiger partial charge on any atom is -0.412 e. The first-order chi connectivity index (χ1) is 0. The molecule has 0 aliphatic heterocycles. The van der Waals surface area contributed by atoms with Gasteiger partial charge in [0.2, 0.25) is 0 Å².